The molecule has 0 amide bonds. The second-order valence-corrected chi connectivity index (χ2v) is 6.97. The molecule has 23 heavy (non-hydrogen) atoms. The van der Waals surface area contributed by atoms with E-state index in [1.807, 2.05) is 24.3 Å². The van der Waals surface area contributed by atoms with Gasteiger partial charge in [0, 0.05) is 0 Å². The largest absolute Gasteiger partial charge is 0.494 e. The molecule has 2 fully saturated rings. The predicted molar refractivity (Wildman–Crippen MR) is 93.8 cm³/mol. The first kappa shape index (κ1) is 16.3. The van der Waals surface area contributed by atoms with Crippen molar-refractivity contribution >= 4 is 12.0 Å². The van der Waals surface area contributed by atoms with Crippen LogP contribution in [-0.4, -0.2) is 38.0 Å². The van der Waals surface area contributed by atoms with E-state index in [2.05, 4.69) is 11.9 Å². The van der Waals surface area contributed by atoms with Crippen molar-refractivity contribution in [3.8, 4) is 5.75 Å². The summed E-state index contributed by atoms with van der Waals surface area (Å²) in [4.78, 5) is 2.45. The monoisotopic (exact) mass is 316 g/mol. The van der Waals surface area contributed by atoms with Crippen LogP contribution in [0, 0.1) is 23.2 Å². The fourth-order valence-corrected chi connectivity index (χ4v) is 3.75. The van der Waals surface area contributed by atoms with Gasteiger partial charge in [0.15, 0.2) is 0 Å². The van der Waals surface area contributed by atoms with Gasteiger partial charge in [-0.1, -0.05) is 0 Å². The summed E-state index contributed by atoms with van der Waals surface area (Å²) in [6.07, 6.45) is 6.41. The number of hydrogen-bond donors (Lipinski definition) is 2. The number of likely N-dealkylation sites (tertiary alicyclic amines) is 1. The van der Waals surface area contributed by atoms with E-state index in [1.165, 1.54) is 43.8 Å². The highest BCUT2D eigenvalue weighted by molar-refractivity contribution is 5.75. The lowest BCUT2D eigenvalue weighted by atomic mass is 9.91. The molecule has 1 aromatic carbocycles. The maximum atomic E-state index is 7.12. The van der Waals surface area contributed by atoms with E-state index < -0.39 is 0 Å². The topological polar surface area (TPSA) is 65.6 Å². The van der Waals surface area contributed by atoms with Crippen molar-refractivity contribution in [3.05, 3.63) is 24.3 Å². The zero-order valence-corrected chi connectivity index (χ0v) is 13.9. The third kappa shape index (κ3) is 4.24. The summed E-state index contributed by atoms with van der Waals surface area (Å²) in [7, 11) is 2.23. The number of nitrogens with one attached hydrogen (secondary N) is 1. The first-order valence-electron chi connectivity index (χ1n) is 8.63. The molecule has 0 spiro atoms. The average molecular weight is 316 g/mol. The Hall–Kier alpha value is -1.59. The Balaban J connectivity index is 1.37. The molecule has 0 bridgehead atoms. The summed E-state index contributed by atoms with van der Waals surface area (Å²) in [5.74, 6) is 9.29. The van der Waals surface area contributed by atoms with Gasteiger partial charge in [-0.2, -0.15) is 0 Å². The van der Waals surface area contributed by atoms with Gasteiger partial charge in [0.25, 0.3) is 0 Å². The zero-order chi connectivity index (χ0) is 16.2. The van der Waals surface area contributed by atoms with Crippen molar-refractivity contribution in [3.63, 3.8) is 0 Å². The first-order valence-corrected chi connectivity index (χ1v) is 8.63. The van der Waals surface area contributed by atoms with E-state index in [-0.39, 0.29) is 0 Å². The molecule has 1 aromatic rings. The normalized spacial score (nSPS) is 25.1. The van der Waals surface area contributed by atoms with Gasteiger partial charge in [-0.25, -0.2) is 5.84 Å². The van der Waals surface area contributed by atoms with Crippen LogP contribution in [0.15, 0.2) is 24.3 Å². The molecule has 0 radical (unpaired) electrons. The molecule has 5 heteroatoms. The molecule has 126 valence electrons. The van der Waals surface area contributed by atoms with E-state index in [1.54, 1.807) is 0 Å². The summed E-state index contributed by atoms with van der Waals surface area (Å²) in [5, 5.41) is 8.40. The van der Waals surface area contributed by atoms with Gasteiger partial charge in [0.1, 0.15) is 12.1 Å². The van der Waals surface area contributed by atoms with Crippen LogP contribution in [0.1, 0.15) is 25.7 Å². The number of nitrogens with two attached hydrogens (primary N) is 1. The fraction of sp³-hybridized carbons (Fsp3) is 0.611. The van der Waals surface area contributed by atoms with E-state index in [0.717, 1.165) is 42.1 Å². The number of piperidine rings is 1. The molecular weight excluding hydrogens is 288 g/mol. The molecule has 3 N–H and O–H groups in total. The lowest BCUT2D eigenvalue weighted by Crippen LogP contribution is -2.31. The van der Waals surface area contributed by atoms with Gasteiger partial charge in [-0.15, -0.1) is 0 Å². The first-order chi connectivity index (χ1) is 11.2. The van der Waals surface area contributed by atoms with Crippen LogP contribution in [0.25, 0.3) is 0 Å². The van der Waals surface area contributed by atoms with Gasteiger partial charge in [0.05, 0.1) is 12.3 Å². The fourth-order valence-electron chi connectivity index (χ4n) is 3.75. The molecule has 2 atom stereocenters. The van der Waals surface area contributed by atoms with Crippen molar-refractivity contribution < 1.29 is 4.74 Å². The van der Waals surface area contributed by atoms with Crippen molar-refractivity contribution in [1.29, 1.82) is 5.41 Å². The SMILES string of the molecule is CN1CCC(C2CC2CCOc2ccc(N(N)C=N)cc2)CC1. The molecule has 1 aliphatic heterocycles. The zero-order valence-electron chi connectivity index (χ0n) is 13.9. The molecule has 1 saturated heterocycles. The highest BCUT2D eigenvalue weighted by Gasteiger charge is 2.42. The third-order valence-corrected chi connectivity index (χ3v) is 5.38. The molecule has 2 aliphatic rings. The lowest BCUT2D eigenvalue weighted by Gasteiger charge is -2.29. The van der Waals surface area contributed by atoms with Gasteiger partial charge in [-0.3, -0.25) is 10.4 Å². The second-order valence-electron chi connectivity index (χ2n) is 6.97. The third-order valence-electron chi connectivity index (χ3n) is 5.38. The van der Waals surface area contributed by atoms with E-state index in [0.29, 0.717) is 0 Å². The number of hydrazine groups is 1. The molecule has 1 saturated carbocycles. The van der Waals surface area contributed by atoms with Crippen LogP contribution in [0.5, 0.6) is 5.75 Å². The predicted octanol–water partition coefficient (Wildman–Crippen LogP) is 2.72. The molecule has 3 rings (SSSR count). The summed E-state index contributed by atoms with van der Waals surface area (Å²) in [6, 6.07) is 7.58. The Kier molecular flexibility index (Phi) is 5.18. The van der Waals surface area contributed by atoms with Crippen LogP contribution < -0.4 is 15.6 Å². The Bertz CT molecular complexity index is 510. The lowest BCUT2D eigenvalue weighted by molar-refractivity contribution is 0.196. The summed E-state index contributed by atoms with van der Waals surface area (Å²) in [6.45, 7) is 3.33. The number of hydrogen-bond acceptors (Lipinski definition) is 4. The quantitative estimate of drug-likeness (QED) is 0.351. The number of anilines is 1. The standard InChI is InChI=1S/C18H28N4O/c1-21-9-6-14(7-10-21)18-12-15(18)8-11-23-17-4-2-16(3-5-17)22(20)13-19/h2-5,13-15,18-19H,6-12,20H2,1H3. The molecule has 0 aromatic heterocycles. The number of nitrogens with zero attached hydrogens (tertiary/aromatic N) is 2. The van der Waals surface area contributed by atoms with Crippen molar-refractivity contribution in [2.24, 2.45) is 23.6 Å². The maximum Gasteiger partial charge on any atom is 0.119 e. The van der Waals surface area contributed by atoms with Crippen molar-refractivity contribution in [2.75, 3.05) is 31.8 Å². The average Bonchev–Trinajstić information content (AvgIpc) is 3.35. The Morgan fingerprint density at radius 2 is 2.00 bits per heavy atom. The minimum absolute atomic E-state index is 0.789. The van der Waals surface area contributed by atoms with E-state index in [4.69, 9.17) is 16.0 Å². The van der Waals surface area contributed by atoms with Crippen LogP contribution in [-0.2, 0) is 0 Å². The Labute approximate surface area is 138 Å². The summed E-state index contributed by atoms with van der Waals surface area (Å²) >= 11 is 0. The van der Waals surface area contributed by atoms with Gasteiger partial charge < -0.3 is 9.64 Å². The van der Waals surface area contributed by atoms with Gasteiger partial charge >= 0.3 is 0 Å². The molecule has 5 nitrogen and oxygen atoms in total. The van der Waals surface area contributed by atoms with Crippen molar-refractivity contribution in [2.45, 2.75) is 25.7 Å². The minimum atomic E-state index is 0.789. The Morgan fingerprint density at radius 3 is 2.65 bits per heavy atom. The summed E-state index contributed by atoms with van der Waals surface area (Å²) in [5.41, 5.74) is 0.789. The molecule has 1 aliphatic carbocycles. The molecule has 2 unspecified atom stereocenters. The molecular formula is C18H28N4O. The highest BCUT2D eigenvalue weighted by Crippen LogP contribution is 2.49. The van der Waals surface area contributed by atoms with Crippen molar-refractivity contribution in [1.82, 2.24) is 4.90 Å². The van der Waals surface area contributed by atoms with Crippen LogP contribution in [0.4, 0.5) is 5.69 Å². The van der Waals surface area contributed by atoms with Crippen LogP contribution >= 0.6 is 0 Å². The van der Waals surface area contributed by atoms with Gasteiger partial charge in [0.2, 0.25) is 0 Å². The van der Waals surface area contributed by atoms with Crippen LogP contribution in [0.3, 0.4) is 0 Å². The Morgan fingerprint density at radius 1 is 1.30 bits per heavy atom. The highest BCUT2D eigenvalue weighted by atomic mass is 16.5. The van der Waals surface area contributed by atoms with E-state index in [9.17, 15) is 0 Å². The molecule has 1 heterocycles. The number of rotatable bonds is 7. The number of benzene rings is 1. The van der Waals surface area contributed by atoms with Gasteiger partial charge in [-0.05, 0) is 87.8 Å². The van der Waals surface area contributed by atoms with E-state index >= 15 is 0 Å². The second kappa shape index (κ2) is 7.32. The van der Waals surface area contributed by atoms with Crippen LogP contribution in [0.2, 0.25) is 0 Å². The number of ether oxygens (including phenoxy) is 1. The summed E-state index contributed by atoms with van der Waals surface area (Å²) < 4.78 is 5.85. The smallest absolute Gasteiger partial charge is 0.119 e. The maximum absolute atomic E-state index is 7.12. The minimum Gasteiger partial charge on any atom is -0.494 e.